The number of esters is 1. The van der Waals surface area contributed by atoms with Gasteiger partial charge in [-0.1, -0.05) is 30.3 Å². The molecule has 0 amide bonds. The summed E-state index contributed by atoms with van der Waals surface area (Å²) in [4.78, 5) is 21.7. The van der Waals surface area contributed by atoms with Gasteiger partial charge >= 0.3 is 5.97 Å². The van der Waals surface area contributed by atoms with E-state index in [0.29, 0.717) is 10.9 Å². The number of hydrogen-bond acceptors (Lipinski definition) is 4. The number of carbonyl (C=O) groups is 1. The summed E-state index contributed by atoms with van der Waals surface area (Å²) in [5.41, 5.74) is 0.659. The monoisotopic (exact) mass is 259 g/mol. The Morgan fingerprint density at radius 1 is 1.26 bits per heavy atom. The van der Waals surface area contributed by atoms with Crippen LogP contribution in [-0.2, 0) is 9.53 Å². The Morgan fingerprint density at radius 3 is 2.47 bits per heavy atom. The first-order valence-corrected chi connectivity index (χ1v) is 5.84. The Labute approximate surface area is 110 Å². The second-order valence-electron chi connectivity index (χ2n) is 4.23. The number of fused-ring (bicyclic) bond motifs is 1. The molecule has 19 heavy (non-hydrogen) atoms. The molecule has 5 nitrogen and oxygen atoms in total. The molecule has 0 bridgehead atoms. The van der Waals surface area contributed by atoms with Crippen molar-refractivity contribution in [3.05, 3.63) is 52.1 Å². The van der Waals surface area contributed by atoms with Gasteiger partial charge < -0.3 is 4.74 Å². The topological polar surface area (TPSA) is 69.4 Å². The van der Waals surface area contributed by atoms with Crippen LogP contribution in [0.15, 0.2) is 36.4 Å². The lowest BCUT2D eigenvalue weighted by molar-refractivity contribution is -0.383. The first-order valence-electron chi connectivity index (χ1n) is 5.84. The van der Waals surface area contributed by atoms with Crippen molar-refractivity contribution in [2.45, 2.75) is 20.0 Å². The maximum absolute atomic E-state index is 11.1. The number of nitrogens with zero attached hydrogens (tertiary/aromatic N) is 1. The van der Waals surface area contributed by atoms with Gasteiger partial charge in [-0.2, -0.15) is 0 Å². The molecule has 2 aromatic carbocycles. The largest absolute Gasteiger partial charge is 0.458 e. The highest BCUT2D eigenvalue weighted by molar-refractivity contribution is 5.94. The highest BCUT2D eigenvalue weighted by atomic mass is 16.6. The van der Waals surface area contributed by atoms with Crippen molar-refractivity contribution < 1.29 is 14.5 Å². The molecule has 0 N–H and O–H groups in total. The molecule has 0 aliphatic heterocycles. The van der Waals surface area contributed by atoms with Crippen molar-refractivity contribution in [3.8, 4) is 0 Å². The second-order valence-corrected chi connectivity index (χ2v) is 4.23. The summed E-state index contributed by atoms with van der Waals surface area (Å²) in [5.74, 6) is -0.414. The van der Waals surface area contributed by atoms with Crippen LogP contribution in [0.5, 0.6) is 0 Å². The maximum atomic E-state index is 11.1. The van der Waals surface area contributed by atoms with E-state index in [1.54, 1.807) is 37.3 Å². The number of benzene rings is 2. The minimum Gasteiger partial charge on any atom is -0.458 e. The van der Waals surface area contributed by atoms with Crippen LogP contribution in [0.25, 0.3) is 10.8 Å². The van der Waals surface area contributed by atoms with Crippen molar-refractivity contribution in [1.29, 1.82) is 0 Å². The zero-order chi connectivity index (χ0) is 14.0. The quantitative estimate of drug-likeness (QED) is 0.481. The van der Waals surface area contributed by atoms with E-state index < -0.39 is 17.0 Å². The van der Waals surface area contributed by atoms with Gasteiger partial charge in [0.2, 0.25) is 0 Å². The lowest BCUT2D eigenvalue weighted by Gasteiger charge is -2.14. The average Bonchev–Trinajstić information content (AvgIpc) is 2.36. The molecule has 2 aromatic rings. The number of ether oxygens (including phenoxy) is 1. The third-order valence-electron chi connectivity index (χ3n) is 2.89. The highest BCUT2D eigenvalue weighted by Gasteiger charge is 2.19. The van der Waals surface area contributed by atoms with Gasteiger partial charge in [-0.25, -0.2) is 0 Å². The van der Waals surface area contributed by atoms with Gasteiger partial charge in [0.15, 0.2) is 0 Å². The molecule has 98 valence electrons. The number of non-ortho nitro benzene ring substituents is 1. The molecular formula is C14H13NO4. The lowest BCUT2D eigenvalue weighted by atomic mass is 9.99. The first-order chi connectivity index (χ1) is 9.00. The third-order valence-corrected chi connectivity index (χ3v) is 2.89. The van der Waals surface area contributed by atoms with E-state index in [9.17, 15) is 14.9 Å². The SMILES string of the molecule is CC(=O)OC(C)c1cccc2cccc([N+](=O)[O-])c12. The number of hydrogen-bond donors (Lipinski definition) is 0. The fourth-order valence-electron chi connectivity index (χ4n) is 2.15. The summed E-state index contributed by atoms with van der Waals surface area (Å²) >= 11 is 0. The van der Waals surface area contributed by atoms with Gasteiger partial charge in [-0.05, 0) is 12.3 Å². The summed E-state index contributed by atoms with van der Waals surface area (Å²) in [6.07, 6.45) is -0.526. The minimum absolute atomic E-state index is 0.0205. The van der Waals surface area contributed by atoms with Crippen molar-refractivity contribution in [3.63, 3.8) is 0 Å². The van der Waals surface area contributed by atoms with Gasteiger partial charge in [0, 0.05) is 18.6 Å². The van der Waals surface area contributed by atoms with Crippen LogP contribution in [0.4, 0.5) is 5.69 Å². The zero-order valence-corrected chi connectivity index (χ0v) is 10.6. The summed E-state index contributed by atoms with van der Waals surface area (Å²) in [5, 5.41) is 12.4. The lowest BCUT2D eigenvalue weighted by Crippen LogP contribution is -2.06. The highest BCUT2D eigenvalue weighted by Crippen LogP contribution is 2.33. The van der Waals surface area contributed by atoms with E-state index in [2.05, 4.69) is 0 Å². The molecule has 1 atom stereocenters. The van der Waals surface area contributed by atoms with Crippen LogP contribution >= 0.6 is 0 Å². The predicted octanol–water partition coefficient (Wildman–Crippen LogP) is 3.37. The predicted molar refractivity (Wildman–Crippen MR) is 70.8 cm³/mol. The van der Waals surface area contributed by atoms with E-state index in [1.165, 1.54) is 13.0 Å². The molecule has 0 aromatic heterocycles. The second kappa shape index (κ2) is 5.06. The number of nitro benzene ring substituents is 1. The van der Waals surface area contributed by atoms with Crippen molar-refractivity contribution in [2.24, 2.45) is 0 Å². The normalized spacial score (nSPS) is 12.1. The molecule has 5 heteroatoms. The van der Waals surface area contributed by atoms with Gasteiger partial charge in [-0.3, -0.25) is 14.9 Å². The minimum atomic E-state index is -0.526. The molecule has 0 fully saturated rings. The molecule has 0 radical (unpaired) electrons. The third kappa shape index (κ3) is 2.54. The van der Waals surface area contributed by atoms with Crippen molar-refractivity contribution >= 4 is 22.4 Å². The fourth-order valence-corrected chi connectivity index (χ4v) is 2.15. The van der Waals surface area contributed by atoms with Gasteiger partial charge in [0.25, 0.3) is 5.69 Å². The van der Waals surface area contributed by atoms with Crippen LogP contribution in [0, 0.1) is 10.1 Å². The average molecular weight is 259 g/mol. The van der Waals surface area contributed by atoms with Crippen LogP contribution in [0.3, 0.4) is 0 Å². The van der Waals surface area contributed by atoms with Gasteiger partial charge in [0.05, 0.1) is 10.3 Å². The molecule has 0 aliphatic carbocycles. The zero-order valence-electron chi connectivity index (χ0n) is 10.6. The fraction of sp³-hybridized carbons (Fsp3) is 0.214. The van der Waals surface area contributed by atoms with E-state index in [0.717, 1.165) is 5.39 Å². The van der Waals surface area contributed by atoms with Crippen LogP contribution in [-0.4, -0.2) is 10.9 Å². The summed E-state index contributed by atoms with van der Waals surface area (Å²) < 4.78 is 5.12. The number of nitro groups is 1. The van der Waals surface area contributed by atoms with Gasteiger partial charge in [-0.15, -0.1) is 0 Å². The molecule has 0 heterocycles. The Morgan fingerprint density at radius 2 is 1.89 bits per heavy atom. The summed E-state index contributed by atoms with van der Waals surface area (Å²) in [7, 11) is 0. The Kier molecular flexibility index (Phi) is 3.46. The Bertz CT molecular complexity index is 646. The van der Waals surface area contributed by atoms with Crippen molar-refractivity contribution in [2.75, 3.05) is 0 Å². The standard InChI is InChI=1S/C14H13NO4/c1-9(19-10(2)16)12-7-3-5-11-6-4-8-13(14(11)12)15(17)18/h3-9H,1-2H3. The maximum Gasteiger partial charge on any atom is 0.303 e. The smallest absolute Gasteiger partial charge is 0.303 e. The van der Waals surface area contributed by atoms with Crippen LogP contribution < -0.4 is 0 Å². The molecular weight excluding hydrogens is 246 g/mol. The van der Waals surface area contributed by atoms with Crippen LogP contribution in [0.1, 0.15) is 25.5 Å². The van der Waals surface area contributed by atoms with E-state index in [4.69, 9.17) is 4.74 Å². The summed E-state index contributed by atoms with van der Waals surface area (Å²) in [6, 6.07) is 10.2. The van der Waals surface area contributed by atoms with E-state index >= 15 is 0 Å². The molecule has 0 saturated heterocycles. The molecule has 0 spiro atoms. The molecule has 0 saturated carbocycles. The summed E-state index contributed by atoms with van der Waals surface area (Å²) in [6.45, 7) is 3.02. The molecule has 2 rings (SSSR count). The van der Waals surface area contributed by atoms with E-state index in [1.807, 2.05) is 0 Å². The van der Waals surface area contributed by atoms with Crippen LogP contribution in [0.2, 0.25) is 0 Å². The Hall–Kier alpha value is -2.43. The van der Waals surface area contributed by atoms with Crippen molar-refractivity contribution in [1.82, 2.24) is 0 Å². The first kappa shape index (κ1) is 13.0. The van der Waals surface area contributed by atoms with Gasteiger partial charge in [0.1, 0.15) is 6.10 Å². The molecule has 1 unspecified atom stereocenters. The Balaban J connectivity index is 2.67. The van der Waals surface area contributed by atoms with E-state index in [-0.39, 0.29) is 5.69 Å². The number of carbonyl (C=O) groups excluding carboxylic acids is 1. The number of rotatable bonds is 3. The molecule has 0 aliphatic rings.